The number of nitrogens with two attached hydrogens (primary N) is 1. The first kappa shape index (κ1) is 13.4. The van der Waals surface area contributed by atoms with Crippen LogP contribution in [-0.4, -0.2) is 19.1 Å². The van der Waals surface area contributed by atoms with Crippen LogP contribution in [0.5, 0.6) is 0 Å². The first-order valence-electron chi connectivity index (χ1n) is 5.62. The van der Waals surface area contributed by atoms with E-state index < -0.39 is 0 Å². The van der Waals surface area contributed by atoms with E-state index in [1.54, 1.807) is 0 Å². The smallest absolute Gasteiger partial charge is 0.308 e. The molecule has 0 spiro atoms. The maximum absolute atomic E-state index is 11.5. The Morgan fingerprint density at radius 1 is 1.36 bits per heavy atom. The molecular formula is C11H23NO2. The summed E-state index contributed by atoms with van der Waals surface area (Å²) in [5, 5.41) is 0. The molecule has 0 radical (unpaired) electrons. The second kappa shape index (κ2) is 9.00. The van der Waals surface area contributed by atoms with Crippen molar-refractivity contribution in [2.45, 2.75) is 46.0 Å². The van der Waals surface area contributed by atoms with Crippen molar-refractivity contribution < 1.29 is 9.53 Å². The number of hydrogen-bond acceptors (Lipinski definition) is 3. The minimum Gasteiger partial charge on any atom is -0.465 e. The van der Waals surface area contributed by atoms with Gasteiger partial charge in [0.05, 0.1) is 12.5 Å². The summed E-state index contributed by atoms with van der Waals surface area (Å²) in [7, 11) is 0. The summed E-state index contributed by atoms with van der Waals surface area (Å²) in [6.07, 6.45) is 4.64. The average molecular weight is 201 g/mol. The highest BCUT2D eigenvalue weighted by Crippen LogP contribution is 2.12. The van der Waals surface area contributed by atoms with Crippen molar-refractivity contribution in [1.82, 2.24) is 0 Å². The lowest BCUT2D eigenvalue weighted by Crippen LogP contribution is -2.18. The quantitative estimate of drug-likeness (QED) is 0.483. The van der Waals surface area contributed by atoms with Crippen LogP contribution in [-0.2, 0) is 9.53 Å². The first-order chi connectivity index (χ1) is 6.76. The number of unbranched alkanes of at least 4 members (excludes halogenated alkanes) is 1. The molecule has 0 aromatic rings. The van der Waals surface area contributed by atoms with Gasteiger partial charge < -0.3 is 10.5 Å². The minimum absolute atomic E-state index is 0.0469. The summed E-state index contributed by atoms with van der Waals surface area (Å²) in [4.78, 5) is 11.5. The molecule has 0 aliphatic rings. The number of ether oxygens (including phenoxy) is 1. The second-order valence-corrected chi connectivity index (χ2v) is 3.56. The zero-order valence-electron chi connectivity index (χ0n) is 9.42. The van der Waals surface area contributed by atoms with E-state index in [0.717, 1.165) is 32.1 Å². The van der Waals surface area contributed by atoms with E-state index in [0.29, 0.717) is 13.2 Å². The Morgan fingerprint density at radius 2 is 2.07 bits per heavy atom. The van der Waals surface area contributed by atoms with Crippen molar-refractivity contribution >= 4 is 5.97 Å². The highest BCUT2D eigenvalue weighted by molar-refractivity contribution is 5.72. The molecule has 0 fully saturated rings. The Labute approximate surface area is 87.0 Å². The van der Waals surface area contributed by atoms with E-state index in [1.165, 1.54) is 0 Å². The van der Waals surface area contributed by atoms with Crippen LogP contribution in [0.3, 0.4) is 0 Å². The van der Waals surface area contributed by atoms with Crippen LogP contribution in [0.15, 0.2) is 0 Å². The third-order valence-corrected chi connectivity index (χ3v) is 2.33. The zero-order chi connectivity index (χ0) is 10.8. The van der Waals surface area contributed by atoms with Gasteiger partial charge in [-0.3, -0.25) is 4.79 Å². The van der Waals surface area contributed by atoms with Gasteiger partial charge in [-0.2, -0.15) is 0 Å². The highest BCUT2D eigenvalue weighted by atomic mass is 16.5. The normalized spacial score (nSPS) is 12.5. The van der Waals surface area contributed by atoms with Gasteiger partial charge >= 0.3 is 5.97 Å². The molecule has 0 amide bonds. The predicted molar refractivity (Wildman–Crippen MR) is 57.9 cm³/mol. The molecule has 1 atom stereocenters. The molecular weight excluding hydrogens is 178 g/mol. The molecule has 0 aromatic heterocycles. The third-order valence-electron chi connectivity index (χ3n) is 2.33. The average Bonchev–Trinajstić information content (AvgIpc) is 2.19. The van der Waals surface area contributed by atoms with Gasteiger partial charge in [-0.1, -0.05) is 20.3 Å². The SMILES string of the molecule is CCCCOC(=O)C(CC)CCCN. The van der Waals surface area contributed by atoms with Crippen molar-refractivity contribution in [3.63, 3.8) is 0 Å². The summed E-state index contributed by atoms with van der Waals surface area (Å²) in [6.45, 7) is 5.31. The largest absolute Gasteiger partial charge is 0.465 e. The molecule has 14 heavy (non-hydrogen) atoms. The summed E-state index contributed by atoms with van der Waals surface area (Å²) >= 11 is 0. The molecule has 3 heteroatoms. The first-order valence-corrected chi connectivity index (χ1v) is 5.62. The van der Waals surface area contributed by atoms with Crippen molar-refractivity contribution in [3.05, 3.63) is 0 Å². The summed E-state index contributed by atoms with van der Waals surface area (Å²) < 4.78 is 5.15. The molecule has 2 N–H and O–H groups in total. The fourth-order valence-corrected chi connectivity index (χ4v) is 1.29. The van der Waals surface area contributed by atoms with Gasteiger partial charge in [0.2, 0.25) is 0 Å². The molecule has 0 aromatic carbocycles. The van der Waals surface area contributed by atoms with Gasteiger partial charge in [-0.15, -0.1) is 0 Å². The molecule has 0 aliphatic heterocycles. The van der Waals surface area contributed by atoms with Crippen LogP contribution in [0.1, 0.15) is 46.0 Å². The summed E-state index contributed by atoms with van der Waals surface area (Å²) in [5.74, 6) is 0.00445. The second-order valence-electron chi connectivity index (χ2n) is 3.56. The van der Waals surface area contributed by atoms with E-state index in [2.05, 4.69) is 6.92 Å². The maximum atomic E-state index is 11.5. The monoisotopic (exact) mass is 201 g/mol. The Morgan fingerprint density at radius 3 is 2.57 bits per heavy atom. The Balaban J connectivity index is 3.67. The molecule has 3 nitrogen and oxygen atoms in total. The van der Waals surface area contributed by atoms with Gasteiger partial charge in [0.1, 0.15) is 0 Å². The number of esters is 1. The lowest BCUT2D eigenvalue weighted by molar-refractivity contribution is -0.149. The lowest BCUT2D eigenvalue weighted by Gasteiger charge is -2.13. The van der Waals surface area contributed by atoms with Gasteiger partial charge in [0.15, 0.2) is 0 Å². The van der Waals surface area contributed by atoms with E-state index in [4.69, 9.17) is 10.5 Å². The Bertz CT molecular complexity index is 148. The van der Waals surface area contributed by atoms with Gasteiger partial charge in [-0.05, 0) is 32.2 Å². The standard InChI is InChI=1S/C11H23NO2/c1-3-5-9-14-11(13)10(4-2)7-6-8-12/h10H,3-9,12H2,1-2H3. The summed E-state index contributed by atoms with van der Waals surface area (Å²) in [5.41, 5.74) is 5.40. The van der Waals surface area contributed by atoms with E-state index in [-0.39, 0.29) is 11.9 Å². The molecule has 0 heterocycles. The van der Waals surface area contributed by atoms with Gasteiger partial charge in [0, 0.05) is 0 Å². The van der Waals surface area contributed by atoms with Crippen molar-refractivity contribution in [3.8, 4) is 0 Å². The molecule has 0 saturated heterocycles. The molecule has 0 aliphatic carbocycles. The summed E-state index contributed by atoms with van der Waals surface area (Å²) in [6, 6.07) is 0. The van der Waals surface area contributed by atoms with Crippen molar-refractivity contribution in [1.29, 1.82) is 0 Å². The fraction of sp³-hybridized carbons (Fsp3) is 0.909. The molecule has 0 rings (SSSR count). The fourth-order valence-electron chi connectivity index (χ4n) is 1.29. The number of carbonyl (C=O) groups is 1. The number of hydrogen-bond donors (Lipinski definition) is 1. The minimum atomic E-state index is -0.0469. The van der Waals surface area contributed by atoms with E-state index in [1.807, 2.05) is 6.92 Å². The number of rotatable bonds is 8. The molecule has 1 unspecified atom stereocenters. The van der Waals surface area contributed by atoms with Gasteiger partial charge in [-0.25, -0.2) is 0 Å². The third kappa shape index (κ3) is 5.97. The van der Waals surface area contributed by atoms with Crippen LogP contribution in [0.2, 0.25) is 0 Å². The Hall–Kier alpha value is -0.570. The highest BCUT2D eigenvalue weighted by Gasteiger charge is 2.16. The van der Waals surface area contributed by atoms with Crippen molar-refractivity contribution in [2.75, 3.05) is 13.2 Å². The molecule has 0 saturated carbocycles. The number of carbonyl (C=O) groups excluding carboxylic acids is 1. The van der Waals surface area contributed by atoms with Crippen LogP contribution in [0.25, 0.3) is 0 Å². The van der Waals surface area contributed by atoms with Crippen molar-refractivity contribution in [2.24, 2.45) is 11.7 Å². The van der Waals surface area contributed by atoms with Crippen LogP contribution >= 0.6 is 0 Å². The predicted octanol–water partition coefficient (Wildman–Crippen LogP) is 2.09. The Kier molecular flexibility index (Phi) is 8.64. The van der Waals surface area contributed by atoms with E-state index in [9.17, 15) is 4.79 Å². The van der Waals surface area contributed by atoms with E-state index >= 15 is 0 Å². The lowest BCUT2D eigenvalue weighted by atomic mass is 10.0. The topological polar surface area (TPSA) is 52.3 Å². The van der Waals surface area contributed by atoms with Crippen LogP contribution < -0.4 is 5.73 Å². The molecule has 0 bridgehead atoms. The van der Waals surface area contributed by atoms with Crippen LogP contribution in [0, 0.1) is 5.92 Å². The van der Waals surface area contributed by atoms with Crippen LogP contribution in [0.4, 0.5) is 0 Å². The maximum Gasteiger partial charge on any atom is 0.308 e. The van der Waals surface area contributed by atoms with Gasteiger partial charge in [0.25, 0.3) is 0 Å². The molecule has 84 valence electrons. The zero-order valence-corrected chi connectivity index (χ0v) is 9.42.